The molecule has 4 heterocycles. The molecule has 5 N–H and O–H groups in total. The van der Waals surface area contributed by atoms with Gasteiger partial charge in [0.05, 0.1) is 11.7 Å². The molecule has 2 aliphatic rings. The van der Waals surface area contributed by atoms with Crippen LogP contribution in [0.2, 0.25) is 5.02 Å². The van der Waals surface area contributed by atoms with Gasteiger partial charge in [0.15, 0.2) is 18.2 Å². The Bertz CT molecular complexity index is 2050. The number of carbonyl (C=O) groups excluding carboxylic acids is 4. The molecule has 15 nitrogen and oxygen atoms in total. The molecule has 2 aliphatic heterocycles. The summed E-state index contributed by atoms with van der Waals surface area (Å²) < 4.78 is 6.93. The fraction of sp³-hybridized carbons (Fsp3) is 0.343. The van der Waals surface area contributed by atoms with E-state index in [1.807, 2.05) is 12.1 Å². The van der Waals surface area contributed by atoms with Gasteiger partial charge in [0, 0.05) is 62.5 Å². The number of likely N-dealkylation sites (N-methyl/N-ethyl adjacent to an activating group) is 1. The smallest absolute Gasteiger partial charge is 0.293 e. The van der Waals surface area contributed by atoms with Crippen LogP contribution in [-0.4, -0.2) is 77.5 Å². The van der Waals surface area contributed by atoms with Crippen LogP contribution in [0.3, 0.4) is 0 Å². The van der Waals surface area contributed by atoms with Gasteiger partial charge in [0.25, 0.3) is 17.4 Å². The van der Waals surface area contributed by atoms with Crippen molar-refractivity contribution in [1.29, 1.82) is 0 Å². The highest BCUT2D eigenvalue weighted by Gasteiger charge is 2.27. The molecule has 51 heavy (non-hydrogen) atoms. The fourth-order valence-corrected chi connectivity index (χ4v) is 6.18. The molecule has 0 aliphatic carbocycles. The van der Waals surface area contributed by atoms with Crippen molar-refractivity contribution in [2.45, 2.75) is 31.7 Å². The number of halogens is 1. The van der Waals surface area contributed by atoms with Crippen molar-refractivity contribution in [1.82, 2.24) is 30.5 Å². The van der Waals surface area contributed by atoms with Crippen molar-refractivity contribution < 1.29 is 23.9 Å². The van der Waals surface area contributed by atoms with E-state index >= 15 is 0 Å². The number of benzene rings is 2. The molecule has 2 saturated heterocycles. The zero-order valence-electron chi connectivity index (χ0n) is 28.1. The second-order valence-corrected chi connectivity index (χ2v) is 12.9. The monoisotopic (exact) mass is 715 g/mol. The van der Waals surface area contributed by atoms with E-state index in [4.69, 9.17) is 21.3 Å². The summed E-state index contributed by atoms with van der Waals surface area (Å²) in [6.07, 6.45) is 3.85. The zero-order valence-corrected chi connectivity index (χ0v) is 28.9. The number of imide groups is 1. The van der Waals surface area contributed by atoms with E-state index in [9.17, 15) is 24.0 Å². The first kappa shape index (κ1) is 35.1. The van der Waals surface area contributed by atoms with Crippen molar-refractivity contribution in [2.24, 2.45) is 13.0 Å². The van der Waals surface area contributed by atoms with Crippen LogP contribution in [0.15, 0.2) is 59.5 Å². The number of ether oxygens (including phenoxy) is 1. The minimum atomic E-state index is -0.531. The van der Waals surface area contributed by atoms with Gasteiger partial charge in [-0.2, -0.15) is 4.98 Å². The minimum absolute atomic E-state index is 0.0598. The number of nitrogens with zero attached hydrogens (tertiary/aromatic N) is 4. The van der Waals surface area contributed by atoms with Gasteiger partial charge in [-0.25, -0.2) is 4.98 Å². The minimum Gasteiger partial charge on any atom is -0.478 e. The van der Waals surface area contributed by atoms with E-state index in [-0.39, 0.29) is 53.9 Å². The lowest BCUT2D eigenvalue weighted by Gasteiger charge is -2.32. The maximum absolute atomic E-state index is 13.0. The number of rotatable bonds is 11. The summed E-state index contributed by atoms with van der Waals surface area (Å²) >= 11 is 6.49. The summed E-state index contributed by atoms with van der Waals surface area (Å²) in [5, 5.41) is 15.2. The van der Waals surface area contributed by atoms with Crippen LogP contribution in [0.25, 0.3) is 10.9 Å². The molecule has 266 valence electrons. The van der Waals surface area contributed by atoms with Gasteiger partial charge in [0.2, 0.25) is 17.8 Å². The predicted molar refractivity (Wildman–Crippen MR) is 193 cm³/mol. The number of carbonyl (C=O) groups is 4. The van der Waals surface area contributed by atoms with Gasteiger partial charge >= 0.3 is 0 Å². The molecule has 2 aromatic heterocycles. The number of piperidine rings is 2. The van der Waals surface area contributed by atoms with E-state index in [2.05, 4.69) is 36.5 Å². The molecule has 6 rings (SSSR count). The molecule has 1 unspecified atom stereocenters. The van der Waals surface area contributed by atoms with E-state index in [1.54, 1.807) is 49.6 Å². The predicted octanol–water partition coefficient (Wildman–Crippen LogP) is 2.71. The molecule has 2 aromatic carbocycles. The Kier molecular flexibility index (Phi) is 10.7. The number of pyridine rings is 1. The first-order valence-corrected chi connectivity index (χ1v) is 17.0. The Hall–Kier alpha value is -5.70. The Balaban J connectivity index is 1.04. The van der Waals surface area contributed by atoms with Crippen LogP contribution in [-0.2, 0) is 21.4 Å². The van der Waals surface area contributed by atoms with Crippen LogP contribution in [0.5, 0.6) is 5.75 Å². The molecule has 0 radical (unpaired) electrons. The number of amides is 4. The van der Waals surface area contributed by atoms with E-state index in [1.165, 1.54) is 11.6 Å². The quantitative estimate of drug-likeness (QED) is 0.144. The average molecular weight is 716 g/mol. The van der Waals surface area contributed by atoms with Crippen LogP contribution in [0.1, 0.15) is 36.0 Å². The second kappa shape index (κ2) is 15.5. The summed E-state index contributed by atoms with van der Waals surface area (Å²) in [6, 6.07) is 13.5. The number of hydrogen-bond donors (Lipinski definition) is 5. The Labute approximate surface area is 298 Å². The molecule has 1 atom stereocenters. The molecule has 4 aromatic rings. The van der Waals surface area contributed by atoms with E-state index in [0.717, 1.165) is 12.8 Å². The Morgan fingerprint density at radius 1 is 1.04 bits per heavy atom. The third-order valence-electron chi connectivity index (χ3n) is 8.98. The lowest BCUT2D eigenvalue weighted by molar-refractivity contribution is -0.133. The Morgan fingerprint density at radius 2 is 1.84 bits per heavy atom. The normalized spacial score (nSPS) is 16.4. The topological polar surface area (TPSA) is 189 Å². The summed E-state index contributed by atoms with van der Waals surface area (Å²) in [5.41, 5.74) is 2.11. The second-order valence-electron chi connectivity index (χ2n) is 12.5. The summed E-state index contributed by atoms with van der Waals surface area (Å²) in [4.78, 5) is 72.2. The molecular formula is C35H38ClN9O6. The lowest BCUT2D eigenvalue weighted by Crippen LogP contribution is -2.47. The molecule has 4 amide bonds. The van der Waals surface area contributed by atoms with Gasteiger partial charge in [0.1, 0.15) is 11.1 Å². The van der Waals surface area contributed by atoms with Crippen LogP contribution in [0.4, 0.5) is 23.1 Å². The van der Waals surface area contributed by atoms with Gasteiger partial charge in [-0.05, 0) is 67.6 Å². The highest BCUT2D eigenvalue weighted by atomic mass is 35.5. The zero-order chi connectivity index (χ0) is 36.1. The number of fused-ring (bicyclic) bond motifs is 1. The molecule has 16 heteroatoms. The molecule has 0 bridgehead atoms. The van der Waals surface area contributed by atoms with Crippen molar-refractivity contribution in [3.8, 4) is 5.75 Å². The number of aryl methyl sites for hydroxylation is 1. The standard InChI is InChI=1S/C35H38ClN9O6/c1-37-30(47)19-51-28-16-22-15-24(6-8-27(22)44(2)34(28)50)41-31-25(36)18-39-35(43-31)45-12-10-20(11-13-45)17-38-32(48)21-4-3-5-23(14-21)40-26-7-9-29(46)42-33(26)49/h3-6,8,14-16,18,20,26,40H,7,9-13,17,19H2,1-2H3,(H,37,47)(H,38,48)(H,39,41,43)(H,42,46,49). The van der Waals surface area contributed by atoms with Crippen molar-refractivity contribution in [2.75, 3.05) is 48.8 Å². The fourth-order valence-electron chi connectivity index (χ4n) is 6.04. The van der Waals surface area contributed by atoms with E-state index in [0.29, 0.717) is 70.7 Å². The highest BCUT2D eigenvalue weighted by molar-refractivity contribution is 6.33. The van der Waals surface area contributed by atoms with Crippen LogP contribution < -0.4 is 41.8 Å². The Morgan fingerprint density at radius 3 is 2.61 bits per heavy atom. The first-order valence-electron chi connectivity index (χ1n) is 16.6. The van der Waals surface area contributed by atoms with Crippen molar-refractivity contribution in [3.05, 3.63) is 75.7 Å². The summed E-state index contributed by atoms with van der Waals surface area (Å²) in [7, 11) is 3.13. The van der Waals surface area contributed by atoms with Gasteiger partial charge in [-0.1, -0.05) is 17.7 Å². The first-order chi connectivity index (χ1) is 24.6. The maximum atomic E-state index is 13.0. The molecule has 0 saturated carbocycles. The molecule has 2 fully saturated rings. The third-order valence-corrected chi connectivity index (χ3v) is 9.25. The lowest BCUT2D eigenvalue weighted by atomic mass is 9.97. The van der Waals surface area contributed by atoms with Crippen LogP contribution in [0, 0.1) is 5.92 Å². The number of anilines is 4. The maximum Gasteiger partial charge on any atom is 0.293 e. The number of aromatic nitrogens is 3. The van der Waals surface area contributed by atoms with E-state index < -0.39 is 6.04 Å². The van der Waals surface area contributed by atoms with Crippen molar-refractivity contribution in [3.63, 3.8) is 0 Å². The van der Waals surface area contributed by atoms with Crippen molar-refractivity contribution >= 4 is 69.3 Å². The summed E-state index contributed by atoms with van der Waals surface area (Å²) in [5.74, 6) is 0.0674. The van der Waals surface area contributed by atoms with Gasteiger partial charge in [-0.3, -0.25) is 29.3 Å². The SMILES string of the molecule is CNC(=O)COc1cc2cc(Nc3nc(N4CCC(CNC(=O)c5cccc(NC6CCC(=O)NC6=O)c5)CC4)ncc3Cl)ccc2n(C)c1=O. The average Bonchev–Trinajstić information content (AvgIpc) is 3.13. The van der Waals surface area contributed by atoms with Gasteiger partial charge < -0.3 is 35.5 Å². The molecular weight excluding hydrogens is 678 g/mol. The number of hydrogen-bond acceptors (Lipinski definition) is 11. The largest absolute Gasteiger partial charge is 0.478 e. The molecule has 0 spiro atoms. The highest BCUT2D eigenvalue weighted by Crippen LogP contribution is 2.29. The summed E-state index contributed by atoms with van der Waals surface area (Å²) in [6.45, 7) is 1.62. The third kappa shape index (κ3) is 8.37. The van der Waals surface area contributed by atoms with Gasteiger partial charge in [-0.15, -0.1) is 0 Å². The van der Waals surface area contributed by atoms with Crippen LogP contribution >= 0.6 is 11.6 Å². The number of nitrogens with one attached hydrogen (secondary N) is 5.